The summed E-state index contributed by atoms with van der Waals surface area (Å²) in [7, 11) is 1.39. The van der Waals surface area contributed by atoms with E-state index in [1.807, 2.05) is 0 Å². The average Bonchev–Trinajstić information content (AvgIpc) is 1.61. The van der Waals surface area contributed by atoms with Gasteiger partial charge in [-0.15, -0.1) is 0 Å². The van der Waals surface area contributed by atoms with Gasteiger partial charge in [-0.2, -0.15) is 0 Å². The van der Waals surface area contributed by atoms with E-state index in [0.717, 1.165) is 12.3 Å². The van der Waals surface area contributed by atoms with E-state index in [9.17, 15) is 4.79 Å². The quantitative estimate of drug-likeness (QED) is 0.310. The SMILES string of the molecule is COC=CC(=O)O.[NaH]. The molecule has 0 spiro atoms. The van der Waals surface area contributed by atoms with Crippen molar-refractivity contribution in [2.24, 2.45) is 0 Å². The molecule has 0 aliphatic carbocycles. The third kappa shape index (κ3) is 9.38. The number of hydrogen-bond donors (Lipinski definition) is 1. The number of ether oxygens (including phenoxy) is 1. The fraction of sp³-hybridized carbons (Fsp3) is 0.250. The van der Waals surface area contributed by atoms with Gasteiger partial charge in [-0.3, -0.25) is 0 Å². The Morgan fingerprint density at radius 1 is 1.75 bits per heavy atom. The van der Waals surface area contributed by atoms with E-state index in [4.69, 9.17) is 5.11 Å². The minimum absolute atomic E-state index is 0. The molecule has 8 heavy (non-hydrogen) atoms. The third-order valence-electron chi connectivity index (χ3n) is 0.347. The van der Waals surface area contributed by atoms with Gasteiger partial charge in [0.15, 0.2) is 0 Å². The average molecular weight is 126 g/mol. The van der Waals surface area contributed by atoms with E-state index < -0.39 is 5.97 Å². The maximum atomic E-state index is 9.59. The van der Waals surface area contributed by atoms with Crippen LogP contribution >= 0.6 is 0 Å². The molecule has 3 nitrogen and oxygen atoms in total. The van der Waals surface area contributed by atoms with Crippen LogP contribution in [0.4, 0.5) is 0 Å². The van der Waals surface area contributed by atoms with Crippen molar-refractivity contribution in [2.45, 2.75) is 0 Å². The fourth-order valence-corrected chi connectivity index (χ4v) is 0.126. The van der Waals surface area contributed by atoms with Crippen LogP contribution in [-0.2, 0) is 9.53 Å². The van der Waals surface area contributed by atoms with Gasteiger partial charge in [0.2, 0.25) is 0 Å². The maximum absolute atomic E-state index is 9.59. The first-order valence-corrected chi connectivity index (χ1v) is 1.69. The molecule has 42 valence electrons. The van der Waals surface area contributed by atoms with E-state index in [-0.39, 0.29) is 29.6 Å². The van der Waals surface area contributed by atoms with Gasteiger partial charge in [-0.05, 0) is 0 Å². The van der Waals surface area contributed by atoms with Crippen LogP contribution in [0.15, 0.2) is 12.3 Å². The Kier molecular flexibility index (Phi) is 9.55. The Morgan fingerprint density at radius 2 is 2.25 bits per heavy atom. The summed E-state index contributed by atoms with van der Waals surface area (Å²) in [5, 5.41) is 7.88. The molecule has 0 unspecified atom stereocenters. The van der Waals surface area contributed by atoms with Crippen molar-refractivity contribution in [2.75, 3.05) is 7.11 Å². The Morgan fingerprint density at radius 3 is 2.38 bits per heavy atom. The molecule has 0 radical (unpaired) electrons. The van der Waals surface area contributed by atoms with E-state index in [0.29, 0.717) is 0 Å². The van der Waals surface area contributed by atoms with Crippen LogP contribution in [0.1, 0.15) is 0 Å². The van der Waals surface area contributed by atoms with Gasteiger partial charge >= 0.3 is 35.5 Å². The summed E-state index contributed by atoms with van der Waals surface area (Å²) in [5.74, 6) is -0.998. The molecule has 1 N–H and O–H groups in total. The molecule has 0 aromatic carbocycles. The molecule has 0 aliphatic heterocycles. The minimum atomic E-state index is -0.998. The third-order valence-corrected chi connectivity index (χ3v) is 0.347. The number of methoxy groups -OCH3 is 1. The first-order chi connectivity index (χ1) is 3.27. The Balaban J connectivity index is 0. The normalized spacial score (nSPS) is 8.12. The Bertz CT molecular complexity index is 89.3. The van der Waals surface area contributed by atoms with Crippen molar-refractivity contribution < 1.29 is 14.6 Å². The number of carbonyl (C=O) groups is 1. The van der Waals surface area contributed by atoms with Crippen molar-refractivity contribution >= 4 is 35.5 Å². The summed E-state index contributed by atoms with van der Waals surface area (Å²) in [4.78, 5) is 9.59. The molecule has 0 aromatic rings. The standard InChI is InChI=1S/C4H6O3.Na.H/c1-7-3-2-4(5)6;;/h2-3H,1H3,(H,5,6);;. The molecule has 0 bridgehead atoms. The number of aliphatic carboxylic acids is 1. The van der Waals surface area contributed by atoms with Crippen molar-refractivity contribution in [3.05, 3.63) is 12.3 Å². The fourth-order valence-electron chi connectivity index (χ4n) is 0.126. The van der Waals surface area contributed by atoms with Crippen LogP contribution in [-0.4, -0.2) is 47.7 Å². The summed E-state index contributed by atoms with van der Waals surface area (Å²) < 4.78 is 4.29. The van der Waals surface area contributed by atoms with Crippen molar-refractivity contribution in [1.29, 1.82) is 0 Å². The first-order valence-electron chi connectivity index (χ1n) is 1.69. The van der Waals surface area contributed by atoms with Gasteiger partial charge in [0.25, 0.3) is 0 Å². The molecule has 0 rings (SSSR count). The van der Waals surface area contributed by atoms with Crippen molar-refractivity contribution in [3.63, 3.8) is 0 Å². The Labute approximate surface area is 69.6 Å². The van der Waals surface area contributed by atoms with Gasteiger partial charge in [0.05, 0.1) is 19.4 Å². The molecular weight excluding hydrogens is 119 g/mol. The topological polar surface area (TPSA) is 46.5 Å². The summed E-state index contributed by atoms with van der Waals surface area (Å²) >= 11 is 0. The van der Waals surface area contributed by atoms with E-state index >= 15 is 0 Å². The molecule has 0 heterocycles. The molecule has 4 heteroatoms. The van der Waals surface area contributed by atoms with Crippen molar-refractivity contribution in [3.8, 4) is 0 Å². The summed E-state index contributed by atoms with van der Waals surface area (Å²) in [6.07, 6.45) is 2.02. The van der Waals surface area contributed by atoms with Gasteiger partial charge in [-0.1, -0.05) is 0 Å². The number of hydrogen-bond acceptors (Lipinski definition) is 2. The van der Waals surface area contributed by atoms with Crippen LogP contribution < -0.4 is 0 Å². The predicted molar refractivity (Wildman–Crippen MR) is 30.9 cm³/mol. The van der Waals surface area contributed by atoms with Crippen LogP contribution in [0.25, 0.3) is 0 Å². The van der Waals surface area contributed by atoms with E-state index in [2.05, 4.69) is 4.74 Å². The Hall–Kier alpha value is 0.0100. The monoisotopic (exact) mass is 126 g/mol. The second-order valence-corrected chi connectivity index (χ2v) is 0.877. The summed E-state index contributed by atoms with van der Waals surface area (Å²) in [6, 6.07) is 0. The van der Waals surface area contributed by atoms with E-state index in [1.165, 1.54) is 7.11 Å². The van der Waals surface area contributed by atoms with Gasteiger partial charge in [-0.25, -0.2) is 4.79 Å². The zero-order valence-corrected chi connectivity index (χ0v) is 3.92. The first kappa shape index (κ1) is 10.9. The molecule has 0 saturated carbocycles. The summed E-state index contributed by atoms with van der Waals surface area (Å²) in [6.45, 7) is 0. The van der Waals surface area contributed by atoms with E-state index in [1.54, 1.807) is 0 Å². The predicted octanol–water partition coefficient (Wildman–Crippen LogP) is -0.417. The molecule has 0 amide bonds. The van der Waals surface area contributed by atoms with Gasteiger partial charge < -0.3 is 9.84 Å². The number of carboxylic acid groups (broad SMARTS) is 1. The molecule has 0 aliphatic rings. The zero-order chi connectivity index (χ0) is 5.70. The second-order valence-electron chi connectivity index (χ2n) is 0.877. The summed E-state index contributed by atoms with van der Waals surface area (Å²) in [5.41, 5.74) is 0. The molecular formula is C4H7NaO3. The second kappa shape index (κ2) is 7.01. The molecule has 0 aromatic heterocycles. The zero-order valence-electron chi connectivity index (χ0n) is 3.92. The number of carboxylic acids is 1. The van der Waals surface area contributed by atoms with Crippen molar-refractivity contribution in [1.82, 2.24) is 0 Å². The van der Waals surface area contributed by atoms with Crippen LogP contribution in [0.2, 0.25) is 0 Å². The molecule has 0 fully saturated rings. The molecule has 0 atom stereocenters. The van der Waals surface area contributed by atoms with Crippen LogP contribution in [0, 0.1) is 0 Å². The van der Waals surface area contributed by atoms with Crippen LogP contribution in [0.3, 0.4) is 0 Å². The molecule has 0 saturated heterocycles. The van der Waals surface area contributed by atoms with Gasteiger partial charge in [0, 0.05) is 0 Å². The van der Waals surface area contributed by atoms with Gasteiger partial charge in [0.1, 0.15) is 0 Å². The number of rotatable bonds is 2. The van der Waals surface area contributed by atoms with Crippen LogP contribution in [0.5, 0.6) is 0 Å².